The van der Waals surface area contributed by atoms with Gasteiger partial charge in [0.1, 0.15) is 0 Å². The predicted molar refractivity (Wildman–Crippen MR) is 75.8 cm³/mol. The van der Waals surface area contributed by atoms with Crippen LogP contribution in [-0.2, 0) is 11.2 Å². The minimum Gasteiger partial charge on any atom is -0.345 e. The monoisotopic (exact) mass is 261 g/mol. The average Bonchev–Trinajstić information content (AvgIpc) is 2.47. The number of rotatable bonds is 5. The number of amides is 1. The average molecular weight is 261 g/mol. The Morgan fingerprint density at radius 1 is 1.42 bits per heavy atom. The quantitative estimate of drug-likeness (QED) is 0.873. The first-order valence-corrected chi connectivity index (χ1v) is 7.10. The number of carbonyl (C=O) groups excluding carboxylic acids is 1. The van der Waals surface area contributed by atoms with Crippen LogP contribution in [-0.4, -0.2) is 42.5 Å². The fourth-order valence-corrected chi connectivity index (χ4v) is 2.44. The molecule has 1 amide bonds. The van der Waals surface area contributed by atoms with Crippen molar-refractivity contribution in [2.45, 2.75) is 25.7 Å². The molecule has 0 bridgehead atoms. The molecule has 0 aromatic carbocycles. The molecule has 1 aliphatic heterocycles. The molecule has 1 saturated heterocycles. The Hall–Kier alpha value is -1.42. The number of nitrogens with zero attached hydrogens (tertiary/aromatic N) is 2. The van der Waals surface area contributed by atoms with Gasteiger partial charge in [0.25, 0.3) is 0 Å². The zero-order chi connectivity index (χ0) is 13.5. The van der Waals surface area contributed by atoms with Crippen LogP contribution in [0.2, 0.25) is 0 Å². The van der Waals surface area contributed by atoms with Crippen molar-refractivity contribution in [2.24, 2.45) is 5.92 Å². The molecule has 4 nitrogen and oxygen atoms in total. The Morgan fingerprint density at radius 2 is 2.21 bits per heavy atom. The third-order valence-electron chi connectivity index (χ3n) is 3.78. The second-order valence-corrected chi connectivity index (χ2v) is 5.28. The third kappa shape index (κ3) is 4.63. The van der Waals surface area contributed by atoms with E-state index in [1.54, 1.807) is 6.20 Å². The normalized spacial score (nSPS) is 16.3. The molecular formula is C15H23N3O. The van der Waals surface area contributed by atoms with Gasteiger partial charge in [-0.2, -0.15) is 0 Å². The van der Waals surface area contributed by atoms with Crippen LogP contribution >= 0.6 is 0 Å². The zero-order valence-electron chi connectivity index (χ0n) is 11.6. The van der Waals surface area contributed by atoms with Gasteiger partial charge in [0, 0.05) is 38.3 Å². The van der Waals surface area contributed by atoms with Gasteiger partial charge >= 0.3 is 0 Å². The van der Waals surface area contributed by atoms with E-state index < -0.39 is 0 Å². The van der Waals surface area contributed by atoms with Crippen LogP contribution in [0.25, 0.3) is 0 Å². The van der Waals surface area contributed by atoms with Crippen molar-refractivity contribution in [3.8, 4) is 0 Å². The molecule has 1 N–H and O–H groups in total. The van der Waals surface area contributed by atoms with E-state index in [2.05, 4.69) is 10.3 Å². The maximum atomic E-state index is 12.1. The number of aromatic nitrogens is 1. The van der Waals surface area contributed by atoms with Crippen LogP contribution in [0.3, 0.4) is 0 Å². The Balaban J connectivity index is 1.72. The highest BCUT2D eigenvalue weighted by atomic mass is 16.2. The summed E-state index contributed by atoms with van der Waals surface area (Å²) in [4.78, 5) is 18.2. The highest BCUT2D eigenvalue weighted by molar-refractivity contribution is 5.76. The minimum absolute atomic E-state index is 0.267. The highest BCUT2D eigenvalue weighted by Gasteiger charge is 2.18. The molecule has 1 aromatic heterocycles. The van der Waals surface area contributed by atoms with Crippen molar-refractivity contribution < 1.29 is 4.79 Å². The molecule has 0 saturated carbocycles. The fourth-order valence-electron chi connectivity index (χ4n) is 2.44. The van der Waals surface area contributed by atoms with E-state index in [1.807, 2.05) is 30.1 Å². The molecule has 0 atom stereocenters. The number of carbonyl (C=O) groups is 1. The summed E-state index contributed by atoms with van der Waals surface area (Å²) >= 11 is 0. The SMILES string of the molecule is CN(CCc1ccccn1)C(=O)CC1CCNCC1. The van der Waals surface area contributed by atoms with Crippen molar-refractivity contribution in [3.05, 3.63) is 30.1 Å². The Kier molecular flexibility index (Phi) is 5.33. The second-order valence-electron chi connectivity index (χ2n) is 5.28. The van der Waals surface area contributed by atoms with Gasteiger partial charge in [-0.1, -0.05) is 6.07 Å². The second kappa shape index (κ2) is 7.24. The lowest BCUT2D eigenvalue weighted by atomic mass is 9.94. The molecule has 2 rings (SSSR count). The topological polar surface area (TPSA) is 45.2 Å². The molecule has 2 heterocycles. The van der Waals surface area contributed by atoms with Crippen LogP contribution in [0.15, 0.2) is 24.4 Å². The number of nitrogens with one attached hydrogen (secondary N) is 1. The van der Waals surface area contributed by atoms with E-state index >= 15 is 0 Å². The number of hydrogen-bond donors (Lipinski definition) is 1. The smallest absolute Gasteiger partial charge is 0.222 e. The predicted octanol–water partition coefficient (Wildman–Crippen LogP) is 1.47. The van der Waals surface area contributed by atoms with Gasteiger partial charge in [-0.05, 0) is 44.0 Å². The molecular weight excluding hydrogens is 238 g/mol. The van der Waals surface area contributed by atoms with Crippen molar-refractivity contribution in [2.75, 3.05) is 26.7 Å². The maximum absolute atomic E-state index is 12.1. The zero-order valence-corrected chi connectivity index (χ0v) is 11.6. The molecule has 0 spiro atoms. The van der Waals surface area contributed by atoms with Crippen LogP contribution in [0.4, 0.5) is 0 Å². The lowest BCUT2D eigenvalue weighted by Gasteiger charge is -2.24. The molecule has 0 aliphatic carbocycles. The van der Waals surface area contributed by atoms with Crippen LogP contribution in [0.5, 0.6) is 0 Å². The molecule has 104 valence electrons. The molecule has 1 aromatic rings. The van der Waals surface area contributed by atoms with Crippen LogP contribution < -0.4 is 5.32 Å². The first-order chi connectivity index (χ1) is 9.25. The van der Waals surface area contributed by atoms with Crippen LogP contribution in [0.1, 0.15) is 25.0 Å². The summed E-state index contributed by atoms with van der Waals surface area (Å²) in [7, 11) is 1.90. The van der Waals surface area contributed by atoms with Gasteiger partial charge in [0.15, 0.2) is 0 Å². The first kappa shape index (κ1) is 14.0. The lowest BCUT2D eigenvalue weighted by Crippen LogP contribution is -2.34. The summed E-state index contributed by atoms with van der Waals surface area (Å²) in [6.45, 7) is 2.85. The van der Waals surface area contributed by atoms with Gasteiger partial charge < -0.3 is 10.2 Å². The standard InChI is InChI=1S/C15H23N3O/c1-18(11-7-14-4-2-3-8-17-14)15(19)12-13-5-9-16-10-6-13/h2-4,8,13,16H,5-7,9-12H2,1H3. The van der Waals surface area contributed by atoms with E-state index in [9.17, 15) is 4.79 Å². The van der Waals surface area contributed by atoms with Crippen molar-refractivity contribution in [1.82, 2.24) is 15.2 Å². The summed E-state index contributed by atoms with van der Waals surface area (Å²) in [6, 6.07) is 5.90. The van der Waals surface area contributed by atoms with Gasteiger partial charge in [0.05, 0.1) is 0 Å². The lowest BCUT2D eigenvalue weighted by molar-refractivity contribution is -0.131. The van der Waals surface area contributed by atoms with Gasteiger partial charge in [0.2, 0.25) is 5.91 Å². The Labute approximate surface area is 115 Å². The van der Waals surface area contributed by atoms with Gasteiger partial charge in [-0.25, -0.2) is 0 Å². The van der Waals surface area contributed by atoms with E-state index in [0.29, 0.717) is 12.3 Å². The summed E-state index contributed by atoms with van der Waals surface area (Å²) in [6.07, 6.45) is 5.57. The van der Waals surface area contributed by atoms with Gasteiger partial charge in [-0.15, -0.1) is 0 Å². The molecule has 1 fully saturated rings. The summed E-state index contributed by atoms with van der Waals surface area (Å²) in [5.41, 5.74) is 1.05. The fraction of sp³-hybridized carbons (Fsp3) is 0.600. The highest BCUT2D eigenvalue weighted by Crippen LogP contribution is 2.16. The van der Waals surface area contributed by atoms with Crippen LogP contribution in [0, 0.1) is 5.92 Å². The molecule has 19 heavy (non-hydrogen) atoms. The van der Waals surface area contributed by atoms with Gasteiger partial charge in [-0.3, -0.25) is 9.78 Å². The van der Waals surface area contributed by atoms with E-state index in [0.717, 1.165) is 44.6 Å². The Morgan fingerprint density at radius 3 is 2.89 bits per heavy atom. The molecule has 1 aliphatic rings. The number of hydrogen-bond acceptors (Lipinski definition) is 3. The molecule has 0 radical (unpaired) electrons. The number of pyridine rings is 1. The minimum atomic E-state index is 0.267. The summed E-state index contributed by atoms with van der Waals surface area (Å²) < 4.78 is 0. The summed E-state index contributed by atoms with van der Waals surface area (Å²) in [5.74, 6) is 0.828. The van der Waals surface area contributed by atoms with E-state index in [1.165, 1.54) is 0 Å². The van der Waals surface area contributed by atoms with E-state index in [-0.39, 0.29) is 5.91 Å². The summed E-state index contributed by atoms with van der Waals surface area (Å²) in [5, 5.41) is 3.33. The molecule has 0 unspecified atom stereocenters. The van der Waals surface area contributed by atoms with E-state index in [4.69, 9.17) is 0 Å². The van der Waals surface area contributed by atoms with Crippen molar-refractivity contribution >= 4 is 5.91 Å². The first-order valence-electron chi connectivity index (χ1n) is 7.10. The number of piperidine rings is 1. The number of likely N-dealkylation sites (N-methyl/N-ethyl adjacent to an activating group) is 1. The maximum Gasteiger partial charge on any atom is 0.222 e. The van der Waals surface area contributed by atoms with Crippen molar-refractivity contribution in [3.63, 3.8) is 0 Å². The largest absolute Gasteiger partial charge is 0.345 e. The van der Waals surface area contributed by atoms with Crippen molar-refractivity contribution in [1.29, 1.82) is 0 Å². The Bertz CT molecular complexity index is 388. The molecule has 4 heteroatoms. The third-order valence-corrected chi connectivity index (χ3v) is 3.78.